The van der Waals surface area contributed by atoms with E-state index in [2.05, 4.69) is 6.58 Å². The molecule has 0 fully saturated rings. The summed E-state index contributed by atoms with van der Waals surface area (Å²) in [6.45, 7) is 3.63. The fraction of sp³-hybridized carbons (Fsp3) is 0. The first kappa shape index (κ1) is 11.6. The van der Waals surface area contributed by atoms with E-state index in [1.807, 2.05) is 0 Å². The standard InChI is InChI=1S/C14H12O2S/c1-2-12-8-10-14(11-9-12)17(15,16)13-6-4-3-5-7-13/h2-11H,1H2. The zero-order valence-corrected chi connectivity index (χ0v) is 10.0. The Hall–Kier alpha value is -1.87. The largest absolute Gasteiger partial charge is 0.219 e. The maximum absolute atomic E-state index is 12.2. The summed E-state index contributed by atoms with van der Waals surface area (Å²) in [6, 6.07) is 15.1. The van der Waals surface area contributed by atoms with Crippen LogP contribution < -0.4 is 0 Å². The molecule has 0 unspecified atom stereocenters. The molecular formula is C14H12O2S. The summed E-state index contributed by atoms with van der Waals surface area (Å²) in [4.78, 5) is 0.612. The van der Waals surface area contributed by atoms with Crippen molar-refractivity contribution >= 4 is 15.9 Å². The SMILES string of the molecule is C=Cc1ccc(S(=O)(=O)c2ccccc2)cc1. The maximum atomic E-state index is 12.2. The topological polar surface area (TPSA) is 34.1 Å². The van der Waals surface area contributed by atoms with E-state index < -0.39 is 9.84 Å². The monoisotopic (exact) mass is 244 g/mol. The van der Waals surface area contributed by atoms with Gasteiger partial charge in [-0.3, -0.25) is 0 Å². The van der Waals surface area contributed by atoms with Crippen LogP contribution in [0.15, 0.2) is 71.0 Å². The van der Waals surface area contributed by atoms with Gasteiger partial charge in [-0.2, -0.15) is 0 Å². The Morgan fingerprint density at radius 1 is 0.824 bits per heavy atom. The minimum Gasteiger partial charge on any atom is -0.219 e. The van der Waals surface area contributed by atoms with Crippen LogP contribution in [-0.2, 0) is 9.84 Å². The summed E-state index contributed by atoms with van der Waals surface area (Å²) in [5.41, 5.74) is 0.900. The van der Waals surface area contributed by atoms with E-state index in [0.29, 0.717) is 9.79 Å². The van der Waals surface area contributed by atoms with Gasteiger partial charge in [0, 0.05) is 0 Å². The average molecular weight is 244 g/mol. The number of rotatable bonds is 3. The number of benzene rings is 2. The van der Waals surface area contributed by atoms with Crippen LogP contribution >= 0.6 is 0 Å². The van der Waals surface area contributed by atoms with Gasteiger partial charge in [0.05, 0.1) is 9.79 Å². The number of sulfone groups is 1. The lowest BCUT2D eigenvalue weighted by Crippen LogP contribution is -2.01. The van der Waals surface area contributed by atoms with Gasteiger partial charge >= 0.3 is 0 Å². The summed E-state index contributed by atoms with van der Waals surface area (Å²) in [5, 5.41) is 0. The van der Waals surface area contributed by atoms with Crippen LogP contribution in [0.2, 0.25) is 0 Å². The fourth-order valence-electron chi connectivity index (χ4n) is 1.52. The molecule has 0 aliphatic heterocycles. The molecule has 0 bridgehead atoms. The fourth-order valence-corrected chi connectivity index (χ4v) is 2.80. The molecule has 0 aliphatic carbocycles. The third-order valence-electron chi connectivity index (χ3n) is 2.48. The van der Waals surface area contributed by atoms with Crippen LogP contribution in [0, 0.1) is 0 Å². The minimum atomic E-state index is -3.40. The van der Waals surface area contributed by atoms with Crippen molar-refractivity contribution in [3.63, 3.8) is 0 Å². The van der Waals surface area contributed by atoms with Gasteiger partial charge in [-0.1, -0.05) is 43.0 Å². The van der Waals surface area contributed by atoms with Crippen molar-refractivity contribution in [3.05, 3.63) is 66.7 Å². The summed E-state index contributed by atoms with van der Waals surface area (Å²) < 4.78 is 24.4. The van der Waals surface area contributed by atoms with E-state index >= 15 is 0 Å². The van der Waals surface area contributed by atoms with Gasteiger partial charge in [-0.25, -0.2) is 8.42 Å². The molecule has 0 aromatic heterocycles. The second kappa shape index (κ2) is 4.55. The third kappa shape index (κ3) is 2.29. The summed E-state index contributed by atoms with van der Waals surface area (Å²) >= 11 is 0. The third-order valence-corrected chi connectivity index (χ3v) is 4.27. The highest BCUT2D eigenvalue weighted by molar-refractivity contribution is 7.91. The Morgan fingerprint density at radius 3 is 1.88 bits per heavy atom. The Balaban J connectivity index is 2.49. The molecule has 0 saturated carbocycles. The van der Waals surface area contributed by atoms with Crippen molar-refractivity contribution < 1.29 is 8.42 Å². The summed E-state index contributed by atoms with van der Waals surface area (Å²) in [7, 11) is -3.40. The Labute approximate surface area is 101 Å². The van der Waals surface area contributed by atoms with Gasteiger partial charge in [-0.05, 0) is 29.8 Å². The molecule has 0 amide bonds. The van der Waals surface area contributed by atoms with E-state index in [4.69, 9.17) is 0 Å². The molecule has 17 heavy (non-hydrogen) atoms. The van der Waals surface area contributed by atoms with Crippen LogP contribution in [0.4, 0.5) is 0 Å². The van der Waals surface area contributed by atoms with Crippen molar-refractivity contribution in [1.29, 1.82) is 0 Å². The zero-order valence-electron chi connectivity index (χ0n) is 9.21. The van der Waals surface area contributed by atoms with Crippen LogP contribution in [0.1, 0.15) is 5.56 Å². The molecule has 0 radical (unpaired) electrons. The highest BCUT2D eigenvalue weighted by Crippen LogP contribution is 2.20. The normalized spacial score (nSPS) is 11.1. The smallest absolute Gasteiger partial charge is 0.206 e. The Morgan fingerprint density at radius 2 is 1.35 bits per heavy atom. The Kier molecular flexibility index (Phi) is 3.11. The van der Waals surface area contributed by atoms with Gasteiger partial charge < -0.3 is 0 Å². The molecule has 2 nitrogen and oxygen atoms in total. The molecule has 2 aromatic carbocycles. The van der Waals surface area contributed by atoms with Gasteiger partial charge in [0.1, 0.15) is 0 Å². The van der Waals surface area contributed by atoms with E-state index in [0.717, 1.165) is 5.56 Å². The molecule has 0 aliphatic rings. The van der Waals surface area contributed by atoms with E-state index in [1.54, 1.807) is 60.7 Å². The van der Waals surface area contributed by atoms with Crippen molar-refractivity contribution in [2.75, 3.05) is 0 Å². The van der Waals surface area contributed by atoms with E-state index in [-0.39, 0.29) is 0 Å². The summed E-state index contributed by atoms with van der Waals surface area (Å²) in [6.07, 6.45) is 1.68. The van der Waals surface area contributed by atoms with Gasteiger partial charge in [0.2, 0.25) is 9.84 Å². The van der Waals surface area contributed by atoms with E-state index in [1.165, 1.54) is 0 Å². The molecular weight excluding hydrogens is 232 g/mol. The molecule has 0 saturated heterocycles. The van der Waals surface area contributed by atoms with Crippen LogP contribution in [0.3, 0.4) is 0 Å². The van der Waals surface area contributed by atoms with Gasteiger partial charge in [-0.15, -0.1) is 0 Å². The molecule has 2 rings (SSSR count). The van der Waals surface area contributed by atoms with Crippen molar-refractivity contribution in [1.82, 2.24) is 0 Å². The highest BCUT2D eigenvalue weighted by atomic mass is 32.2. The second-order valence-electron chi connectivity index (χ2n) is 3.59. The van der Waals surface area contributed by atoms with Crippen LogP contribution in [0.5, 0.6) is 0 Å². The predicted octanol–water partition coefficient (Wildman–Crippen LogP) is 3.16. The lowest BCUT2D eigenvalue weighted by Gasteiger charge is -2.04. The summed E-state index contributed by atoms with van der Waals surface area (Å²) in [5.74, 6) is 0. The van der Waals surface area contributed by atoms with Crippen molar-refractivity contribution in [3.8, 4) is 0 Å². The molecule has 86 valence electrons. The van der Waals surface area contributed by atoms with E-state index in [9.17, 15) is 8.42 Å². The quantitative estimate of drug-likeness (QED) is 0.831. The van der Waals surface area contributed by atoms with Crippen molar-refractivity contribution in [2.24, 2.45) is 0 Å². The Bertz CT molecular complexity index is 611. The average Bonchev–Trinajstić information content (AvgIpc) is 2.40. The molecule has 0 spiro atoms. The number of hydrogen-bond acceptors (Lipinski definition) is 2. The molecule has 2 aromatic rings. The lowest BCUT2D eigenvalue weighted by atomic mass is 10.2. The molecule has 0 heterocycles. The second-order valence-corrected chi connectivity index (χ2v) is 5.54. The first-order valence-corrected chi connectivity index (χ1v) is 6.65. The zero-order chi connectivity index (χ0) is 12.3. The maximum Gasteiger partial charge on any atom is 0.206 e. The highest BCUT2D eigenvalue weighted by Gasteiger charge is 2.16. The van der Waals surface area contributed by atoms with Gasteiger partial charge in [0.25, 0.3) is 0 Å². The minimum absolute atomic E-state index is 0.300. The predicted molar refractivity (Wildman–Crippen MR) is 68.4 cm³/mol. The first-order chi connectivity index (χ1) is 8.14. The molecule has 3 heteroatoms. The van der Waals surface area contributed by atoms with Crippen LogP contribution in [-0.4, -0.2) is 8.42 Å². The van der Waals surface area contributed by atoms with Crippen LogP contribution in [0.25, 0.3) is 6.08 Å². The molecule has 0 atom stereocenters. The van der Waals surface area contributed by atoms with Crippen molar-refractivity contribution in [2.45, 2.75) is 9.79 Å². The van der Waals surface area contributed by atoms with Gasteiger partial charge in [0.15, 0.2) is 0 Å². The lowest BCUT2D eigenvalue weighted by molar-refractivity contribution is 0.596. The number of hydrogen-bond donors (Lipinski definition) is 0. The first-order valence-electron chi connectivity index (χ1n) is 5.17. The molecule has 0 N–H and O–H groups in total.